The largest absolute Gasteiger partial charge is 0.443 e. The molecule has 0 fully saturated rings. The topological polar surface area (TPSA) is 78.6 Å². The molecule has 0 spiro atoms. The van der Waals surface area contributed by atoms with Crippen molar-refractivity contribution in [1.82, 2.24) is 0 Å². The van der Waals surface area contributed by atoms with Gasteiger partial charge in [-0.1, -0.05) is 81.8 Å². The average Bonchev–Trinajstić information content (AvgIpc) is 2.79. The molecule has 5 nitrogen and oxygen atoms in total. The molecule has 0 saturated heterocycles. The van der Waals surface area contributed by atoms with E-state index in [1.54, 1.807) is 24.3 Å². The molecule has 0 amide bonds. The number of hydrogen-bond donors (Lipinski definition) is 1. The van der Waals surface area contributed by atoms with E-state index in [2.05, 4.69) is 27.7 Å². The van der Waals surface area contributed by atoms with Gasteiger partial charge in [0.05, 0.1) is 6.04 Å². The number of nitrogens with two attached hydrogens (primary N) is 1. The predicted octanol–water partition coefficient (Wildman–Crippen LogP) is 7.55. The summed E-state index contributed by atoms with van der Waals surface area (Å²) in [6, 6.07) is 21.3. The molecule has 35 heavy (non-hydrogen) atoms. The molecule has 3 aromatic rings. The van der Waals surface area contributed by atoms with Gasteiger partial charge in [0.15, 0.2) is 5.66 Å². The van der Waals surface area contributed by atoms with E-state index in [1.165, 1.54) is 6.92 Å². The first-order chi connectivity index (χ1) is 16.5. The number of aryl methyl sites for hydroxylation is 1. The van der Waals surface area contributed by atoms with Gasteiger partial charge in [0.1, 0.15) is 17.3 Å². The second-order valence-electron chi connectivity index (χ2n) is 9.66. The first kappa shape index (κ1) is 26.7. The van der Waals surface area contributed by atoms with Crippen molar-refractivity contribution in [3.8, 4) is 11.5 Å². The fourth-order valence-corrected chi connectivity index (χ4v) is 6.00. The zero-order chi connectivity index (χ0) is 25.8. The molecule has 0 heterocycles. The van der Waals surface area contributed by atoms with Crippen molar-refractivity contribution in [1.29, 1.82) is 0 Å². The summed E-state index contributed by atoms with van der Waals surface area (Å²) in [7, 11) is -4.12. The van der Waals surface area contributed by atoms with Crippen LogP contribution in [0.2, 0.25) is 0 Å². The maximum atomic E-state index is 14.5. The Labute approximate surface area is 209 Å². The molecule has 3 aromatic carbocycles. The van der Waals surface area contributed by atoms with E-state index >= 15 is 0 Å². The third-order valence-electron chi connectivity index (χ3n) is 6.12. The Kier molecular flexibility index (Phi) is 8.58. The average molecular weight is 494 g/mol. The molecule has 0 bridgehead atoms. The fraction of sp³-hybridized carbons (Fsp3) is 0.345. The van der Waals surface area contributed by atoms with E-state index in [9.17, 15) is 9.36 Å². The summed E-state index contributed by atoms with van der Waals surface area (Å²) >= 11 is 0. The van der Waals surface area contributed by atoms with E-state index in [1.807, 2.05) is 55.5 Å². The minimum absolute atomic E-state index is 0.339. The SMILES string of the molecule is CC(=O)C(C(N)c1ccc(C)cc1)P(=O)(Oc1ccc(C(C)C)cc1)Oc1ccc(C(C)C)cc1. The Balaban J connectivity index is 2.03. The maximum absolute atomic E-state index is 14.5. The van der Waals surface area contributed by atoms with Crippen molar-refractivity contribution in [2.75, 3.05) is 0 Å². The normalized spacial score (nSPS) is 13.5. The minimum atomic E-state index is -4.12. The second kappa shape index (κ2) is 11.2. The molecule has 2 N–H and O–H groups in total. The summed E-state index contributed by atoms with van der Waals surface area (Å²) in [6.45, 7) is 11.7. The summed E-state index contributed by atoms with van der Waals surface area (Å²) < 4.78 is 26.5. The maximum Gasteiger partial charge on any atom is 0.443 e. The fourth-order valence-electron chi connectivity index (χ4n) is 3.90. The lowest BCUT2D eigenvalue weighted by atomic mass is 10.0. The van der Waals surface area contributed by atoms with Gasteiger partial charge in [0.2, 0.25) is 0 Å². The van der Waals surface area contributed by atoms with Crippen LogP contribution in [0.1, 0.15) is 74.8 Å². The van der Waals surface area contributed by atoms with Crippen LogP contribution < -0.4 is 14.8 Å². The third-order valence-corrected chi connectivity index (χ3v) is 8.42. The molecule has 3 rings (SSSR count). The van der Waals surface area contributed by atoms with Crippen molar-refractivity contribution in [3.05, 3.63) is 95.1 Å². The molecule has 0 aliphatic rings. The van der Waals surface area contributed by atoms with Crippen molar-refractivity contribution in [3.63, 3.8) is 0 Å². The van der Waals surface area contributed by atoms with Crippen LogP contribution in [0.5, 0.6) is 11.5 Å². The highest BCUT2D eigenvalue weighted by Gasteiger charge is 2.47. The second-order valence-corrected chi connectivity index (χ2v) is 11.7. The van der Waals surface area contributed by atoms with Gasteiger partial charge in [-0.2, -0.15) is 0 Å². The molecular formula is C29H36NO4P. The van der Waals surface area contributed by atoms with Crippen LogP contribution in [0.15, 0.2) is 72.8 Å². The summed E-state index contributed by atoms with van der Waals surface area (Å²) in [4.78, 5) is 12.9. The zero-order valence-electron chi connectivity index (χ0n) is 21.4. The molecular weight excluding hydrogens is 457 g/mol. The van der Waals surface area contributed by atoms with Crippen LogP contribution in [-0.2, 0) is 9.36 Å². The first-order valence-corrected chi connectivity index (χ1v) is 13.6. The lowest BCUT2D eigenvalue weighted by Gasteiger charge is -2.30. The minimum Gasteiger partial charge on any atom is -0.416 e. The molecule has 2 unspecified atom stereocenters. The summed E-state index contributed by atoms with van der Waals surface area (Å²) in [5, 5.41) is 0. The van der Waals surface area contributed by atoms with Crippen LogP contribution in [0, 0.1) is 6.92 Å². The van der Waals surface area contributed by atoms with Gasteiger partial charge in [-0.05, 0) is 66.6 Å². The highest BCUT2D eigenvalue weighted by Crippen LogP contribution is 2.56. The number of benzene rings is 3. The molecule has 6 heteroatoms. The quantitative estimate of drug-likeness (QED) is 0.295. The van der Waals surface area contributed by atoms with E-state index in [4.69, 9.17) is 14.8 Å². The Morgan fingerprint density at radius 1 is 0.714 bits per heavy atom. The molecule has 186 valence electrons. The van der Waals surface area contributed by atoms with Crippen molar-refractivity contribution < 1.29 is 18.4 Å². The lowest BCUT2D eigenvalue weighted by molar-refractivity contribution is -0.117. The monoisotopic (exact) mass is 493 g/mol. The summed E-state index contributed by atoms with van der Waals surface area (Å²) in [5.41, 5.74) is 9.36. The number of carbonyl (C=O) groups excluding carboxylic acids is 1. The van der Waals surface area contributed by atoms with Gasteiger partial charge in [-0.15, -0.1) is 0 Å². The van der Waals surface area contributed by atoms with Crippen LogP contribution in [0.25, 0.3) is 0 Å². The smallest absolute Gasteiger partial charge is 0.416 e. The van der Waals surface area contributed by atoms with E-state index in [0.29, 0.717) is 28.9 Å². The lowest BCUT2D eigenvalue weighted by Crippen LogP contribution is -2.35. The highest BCUT2D eigenvalue weighted by atomic mass is 31.2. The van der Waals surface area contributed by atoms with Crippen LogP contribution in [-0.4, -0.2) is 11.4 Å². The van der Waals surface area contributed by atoms with Gasteiger partial charge in [-0.3, -0.25) is 4.79 Å². The highest BCUT2D eigenvalue weighted by molar-refractivity contribution is 7.56. The van der Waals surface area contributed by atoms with Gasteiger partial charge in [-0.25, -0.2) is 4.57 Å². The summed E-state index contributed by atoms with van der Waals surface area (Å²) in [5.74, 6) is 1.04. The predicted molar refractivity (Wildman–Crippen MR) is 143 cm³/mol. The standard InChI is InChI=1S/C29H36NO4P/c1-19(2)23-11-15-26(16-12-23)33-35(32,34-27-17-13-24(14-18-27)20(3)4)29(22(6)31)28(30)25-9-7-21(5)8-10-25/h7-20,28-29H,30H2,1-6H3. The number of rotatable bonds is 10. The number of carbonyl (C=O) groups is 1. The van der Waals surface area contributed by atoms with E-state index in [0.717, 1.165) is 16.7 Å². The van der Waals surface area contributed by atoms with Gasteiger partial charge < -0.3 is 14.8 Å². The molecule has 2 atom stereocenters. The summed E-state index contributed by atoms with van der Waals surface area (Å²) in [6.07, 6.45) is 0. The van der Waals surface area contributed by atoms with Crippen molar-refractivity contribution >= 4 is 13.4 Å². The molecule has 0 radical (unpaired) electrons. The molecule has 0 aliphatic heterocycles. The third kappa shape index (κ3) is 6.62. The molecule has 0 aliphatic carbocycles. The first-order valence-electron chi connectivity index (χ1n) is 12.0. The van der Waals surface area contributed by atoms with Gasteiger partial charge >= 0.3 is 7.60 Å². The van der Waals surface area contributed by atoms with E-state index in [-0.39, 0.29) is 5.78 Å². The van der Waals surface area contributed by atoms with Gasteiger partial charge in [0.25, 0.3) is 0 Å². The zero-order valence-corrected chi connectivity index (χ0v) is 22.3. The molecule has 0 saturated carbocycles. The number of hydrogen-bond acceptors (Lipinski definition) is 5. The van der Waals surface area contributed by atoms with Crippen LogP contribution in [0.3, 0.4) is 0 Å². The van der Waals surface area contributed by atoms with E-state index < -0.39 is 19.3 Å². The Morgan fingerprint density at radius 2 is 1.09 bits per heavy atom. The van der Waals surface area contributed by atoms with Crippen LogP contribution in [0.4, 0.5) is 0 Å². The molecule has 0 aromatic heterocycles. The number of ketones is 1. The Morgan fingerprint density at radius 3 is 1.43 bits per heavy atom. The Bertz CT molecular complexity index is 1110. The van der Waals surface area contributed by atoms with Crippen molar-refractivity contribution in [2.24, 2.45) is 5.73 Å². The van der Waals surface area contributed by atoms with Crippen LogP contribution >= 0.6 is 7.60 Å². The number of Topliss-reactive ketones (excluding diaryl/α,β-unsaturated/α-hetero) is 1. The van der Waals surface area contributed by atoms with Gasteiger partial charge in [0, 0.05) is 0 Å². The Hall–Kier alpha value is -2.88. The van der Waals surface area contributed by atoms with Crippen molar-refractivity contribution in [2.45, 2.75) is 65.1 Å².